The zero-order valence-electron chi connectivity index (χ0n) is 12.4. The molecule has 5 nitrogen and oxygen atoms in total. The Kier molecular flexibility index (Phi) is 3.56. The van der Waals surface area contributed by atoms with Crippen LogP contribution in [0.3, 0.4) is 0 Å². The lowest BCUT2D eigenvalue weighted by atomic mass is 10.0. The summed E-state index contributed by atoms with van der Waals surface area (Å²) in [6.07, 6.45) is 9.26. The van der Waals surface area contributed by atoms with Crippen molar-refractivity contribution >= 4 is 11.2 Å². The van der Waals surface area contributed by atoms with Gasteiger partial charge < -0.3 is 9.88 Å². The van der Waals surface area contributed by atoms with E-state index in [2.05, 4.69) is 25.9 Å². The lowest BCUT2D eigenvalue weighted by Crippen LogP contribution is -2.37. The van der Waals surface area contributed by atoms with E-state index in [1.807, 2.05) is 30.6 Å². The lowest BCUT2D eigenvalue weighted by Gasteiger charge is -2.24. The van der Waals surface area contributed by atoms with Gasteiger partial charge in [-0.15, -0.1) is 0 Å². The van der Waals surface area contributed by atoms with Crippen LogP contribution >= 0.6 is 0 Å². The fraction of sp³-hybridized carbons (Fsp3) is 0.353. The molecule has 1 fully saturated rings. The Morgan fingerprint density at radius 1 is 1.18 bits per heavy atom. The molecule has 4 rings (SSSR count). The minimum absolute atomic E-state index is 0.489. The van der Waals surface area contributed by atoms with Crippen LogP contribution < -0.4 is 5.32 Å². The van der Waals surface area contributed by atoms with Gasteiger partial charge in [0.1, 0.15) is 11.3 Å². The molecule has 3 aromatic rings. The first-order valence-corrected chi connectivity index (χ1v) is 7.87. The summed E-state index contributed by atoms with van der Waals surface area (Å²) in [7, 11) is 0. The first-order chi connectivity index (χ1) is 10.9. The first-order valence-electron chi connectivity index (χ1n) is 7.87. The molecule has 5 heteroatoms. The molecule has 3 aromatic heterocycles. The maximum absolute atomic E-state index is 4.78. The quantitative estimate of drug-likeness (QED) is 0.806. The van der Waals surface area contributed by atoms with E-state index >= 15 is 0 Å². The molecule has 0 amide bonds. The number of nitrogens with zero attached hydrogens (tertiary/aromatic N) is 4. The number of fused-ring (bicyclic) bond motifs is 1. The molecule has 0 aromatic carbocycles. The van der Waals surface area contributed by atoms with Crippen LogP contribution in [0.1, 0.15) is 19.3 Å². The maximum Gasteiger partial charge on any atom is 0.160 e. The Hall–Kier alpha value is -2.27. The predicted octanol–water partition coefficient (Wildman–Crippen LogP) is 2.64. The SMILES string of the molecule is c1cncc(-c2nc3cccnc3n2CC2CCCCN2)c1. The minimum atomic E-state index is 0.489. The molecule has 1 aliphatic heterocycles. The highest BCUT2D eigenvalue weighted by atomic mass is 15.1. The smallest absolute Gasteiger partial charge is 0.160 e. The molecule has 4 heterocycles. The number of aromatic nitrogens is 4. The molecule has 1 aliphatic rings. The average Bonchev–Trinajstić information content (AvgIpc) is 2.95. The van der Waals surface area contributed by atoms with Crippen molar-refractivity contribution in [2.75, 3.05) is 6.54 Å². The molecule has 0 aliphatic carbocycles. The number of imidazole rings is 1. The molecule has 22 heavy (non-hydrogen) atoms. The van der Waals surface area contributed by atoms with Gasteiger partial charge in [0.05, 0.1) is 0 Å². The second-order valence-electron chi connectivity index (χ2n) is 5.78. The van der Waals surface area contributed by atoms with Crippen LogP contribution in [0.2, 0.25) is 0 Å². The number of hydrogen-bond donors (Lipinski definition) is 1. The van der Waals surface area contributed by atoms with Crippen molar-refractivity contribution in [2.24, 2.45) is 0 Å². The highest BCUT2D eigenvalue weighted by Gasteiger charge is 2.19. The van der Waals surface area contributed by atoms with Crippen molar-refractivity contribution in [3.05, 3.63) is 42.9 Å². The Morgan fingerprint density at radius 2 is 2.14 bits per heavy atom. The molecular formula is C17H19N5. The second kappa shape index (κ2) is 5.85. The fourth-order valence-electron chi connectivity index (χ4n) is 3.15. The van der Waals surface area contributed by atoms with E-state index < -0.39 is 0 Å². The standard InChI is InChI=1S/C17H19N5/c1-2-9-19-14(6-1)12-22-16(13-5-3-8-18-11-13)21-15-7-4-10-20-17(15)22/h3-5,7-8,10-11,14,19H,1-2,6,9,12H2. The van der Waals surface area contributed by atoms with Crippen LogP contribution in [0, 0.1) is 0 Å². The number of nitrogens with one attached hydrogen (secondary N) is 1. The van der Waals surface area contributed by atoms with Gasteiger partial charge in [0.25, 0.3) is 0 Å². The van der Waals surface area contributed by atoms with Gasteiger partial charge >= 0.3 is 0 Å². The van der Waals surface area contributed by atoms with Crippen LogP contribution in [-0.4, -0.2) is 32.1 Å². The van der Waals surface area contributed by atoms with Crippen LogP contribution in [-0.2, 0) is 6.54 Å². The van der Waals surface area contributed by atoms with Gasteiger partial charge in [-0.2, -0.15) is 0 Å². The van der Waals surface area contributed by atoms with Gasteiger partial charge in [0, 0.05) is 36.7 Å². The van der Waals surface area contributed by atoms with Gasteiger partial charge in [-0.3, -0.25) is 4.98 Å². The van der Waals surface area contributed by atoms with Crippen molar-refractivity contribution in [3.63, 3.8) is 0 Å². The van der Waals surface area contributed by atoms with E-state index in [9.17, 15) is 0 Å². The zero-order chi connectivity index (χ0) is 14.8. The minimum Gasteiger partial charge on any atom is -0.312 e. The molecule has 1 unspecified atom stereocenters. The van der Waals surface area contributed by atoms with Gasteiger partial charge in [-0.1, -0.05) is 6.42 Å². The summed E-state index contributed by atoms with van der Waals surface area (Å²) in [5.74, 6) is 0.953. The highest BCUT2D eigenvalue weighted by molar-refractivity contribution is 5.76. The zero-order valence-corrected chi connectivity index (χ0v) is 12.4. The van der Waals surface area contributed by atoms with Gasteiger partial charge in [0.2, 0.25) is 0 Å². The van der Waals surface area contributed by atoms with E-state index in [4.69, 9.17) is 4.98 Å². The Balaban J connectivity index is 1.79. The number of hydrogen-bond acceptors (Lipinski definition) is 4. The van der Waals surface area contributed by atoms with E-state index in [-0.39, 0.29) is 0 Å². The van der Waals surface area contributed by atoms with Gasteiger partial charge in [-0.25, -0.2) is 9.97 Å². The monoisotopic (exact) mass is 293 g/mol. The molecule has 0 spiro atoms. The molecule has 112 valence electrons. The van der Waals surface area contributed by atoms with Crippen LogP contribution in [0.25, 0.3) is 22.6 Å². The highest BCUT2D eigenvalue weighted by Crippen LogP contribution is 2.24. The maximum atomic E-state index is 4.78. The summed E-state index contributed by atoms with van der Waals surface area (Å²) in [4.78, 5) is 13.6. The van der Waals surface area contributed by atoms with Crippen LogP contribution in [0.15, 0.2) is 42.9 Å². The lowest BCUT2D eigenvalue weighted by molar-refractivity contribution is 0.366. The third kappa shape index (κ3) is 2.48. The summed E-state index contributed by atoms with van der Waals surface area (Å²) in [5, 5.41) is 3.61. The second-order valence-corrected chi connectivity index (χ2v) is 5.78. The average molecular weight is 293 g/mol. The number of pyridine rings is 2. The molecular weight excluding hydrogens is 274 g/mol. The largest absolute Gasteiger partial charge is 0.312 e. The van der Waals surface area contributed by atoms with Gasteiger partial charge in [0.15, 0.2) is 5.65 Å². The summed E-state index contributed by atoms with van der Waals surface area (Å²) < 4.78 is 2.23. The Bertz CT molecular complexity index is 759. The topological polar surface area (TPSA) is 55.6 Å². The van der Waals surface area contributed by atoms with Crippen molar-refractivity contribution in [3.8, 4) is 11.4 Å². The third-order valence-electron chi connectivity index (χ3n) is 4.24. The normalized spacial score (nSPS) is 18.6. The summed E-state index contributed by atoms with van der Waals surface area (Å²) >= 11 is 0. The van der Waals surface area contributed by atoms with E-state index in [0.717, 1.165) is 35.6 Å². The van der Waals surface area contributed by atoms with Crippen molar-refractivity contribution in [2.45, 2.75) is 31.8 Å². The number of piperidine rings is 1. The van der Waals surface area contributed by atoms with E-state index in [1.165, 1.54) is 19.3 Å². The number of rotatable bonds is 3. The molecule has 0 radical (unpaired) electrons. The van der Waals surface area contributed by atoms with E-state index in [1.54, 1.807) is 6.20 Å². The molecule has 0 bridgehead atoms. The predicted molar refractivity (Wildman–Crippen MR) is 86.4 cm³/mol. The third-order valence-corrected chi connectivity index (χ3v) is 4.24. The van der Waals surface area contributed by atoms with Crippen molar-refractivity contribution in [1.29, 1.82) is 0 Å². The molecule has 1 atom stereocenters. The summed E-state index contributed by atoms with van der Waals surface area (Å²) in [6.45, 7) is 2.00. The van der Waals surface area contributed by atoms with E-state index in [0.29, 0.717) is 6.04 Å². The van der Waals surface area contributed by atoms with Crippen LogP contribution in [0.4, 0.5) is 0 Å². The van der Waals surface area contributed by atoms with Crippen LogP contribution in [0.5, 0.6) is 0 Å². The Morgan fingerprint density at radius 3 is 2.95 bits per heavy atom. The molecule has 1 N–H and O–H groups in total. The van der Waals surface area contributed by atoms with Crippen molar-refractivity contribution in [1.82, 2.24) is 24.8 Å². The molecule has 0 saturated carbocycles. The molecule has 1 saturated heterocycles. The first kappa shape index (κ1) is 13.4. The van der Waals surface area contributed by atoms with Gasteiger partial charge in [-0.05, 0) is 43.7 Å². The summed E-state index contributed by atoms with van der Waals surface area (Å²) in [5.41, 5.74) is 2.93. The summed E-state index contributed by atoms with van der Waals surface area (Å²) in [6, 6.07) is 8.45. The fourth-order valence-corrected chi connectivity index (χ4v) is 3.15. The Labute approximate surface area is 129 Å². The van der Waals surface area contributed by atoms with Crippen molar-refractivity contribution < 1.29 is 0 Å².